The van der Waals surface area contributed by atoms with Crippen LogP contribution in [-0.4, -0.2) is 28.7 Å². The van der Waals surface area contributed by atoms with Crippen molar-refractivity contribution in [3.8, 4) is 29.0 Å². The number of rotatable bonds is 4. The van der Waals surface area contributed by atoms with E-state index in [1.165, 1.54) is 21.8 Å². The lowest BCUT2D eigenvalue weighted by molar-refractivity contribution is 0.892. The van der Waals surface area contributed by atoms with E-state index in [9.17, 15) is 0 Å². The highest BCUT2D eigenvalue weighted by Crippen LogP contribution is 2.37. The number of para-hydroxylation sites is 5. The van der Waals surface area contributed by atoms with Gasteiger partial charge in [-0.1, -0.05) is 127 Å². The molecule has 0 amide bonds. The van der Waals surface area contributed by atoms with Crippen LogP contribution in [0.4, 0.5) is 0 Å². The number of aromatic nitrogens is 6. The number of hydrogen-bond acceptors (Lipinski definition) is 3. The molecule has 0 bridgehead atoms. The van der Waals surface area contributed by atoms with Crippen LogP contribution in [0.1, 0.15) is 0 Å². The van der Waals surface area contributed by atoms with E-state index in [-0.39, 0.29) is 0 Å². The maximum Gasteiger partial charge on any atom is 0.240 e. The van der Waals surface area contributed by atoms with Crippen LogP contribution in [-0.2, 0) is 0 Å². The van der Waals surface area contributed by atoms with Gasteiger partial charge >= 0.3 is 0 Å². The summed E-state index contributed by atoms with van der Waals surface area (Å²) in [5.41, 5.74) is 8.48. The van der Waals surface area contributed by atoms with Crippen molar-refractivity contribution < 1.29 is 0 Å². The molecule has 6 heteroatoms. The minimum Gasteiger partial charge on any atom is -0.309 e. The molecule has 51 heavy (non-hydrogen) atoms. The first-order chi connectivity index (χ1) is 25.3. The van der Waals surface area contributed by atoms with Crippen LogP contribution in [0.2, 0.25) is 0 Å². The molecule has 0 saturated heterocycles. The number of fused-ring (bicyclic) bond motifs is 9. The lowest BCUT2D eigenvalue weighted by atomic mass is 10.1. The van der Waals surface area contributed by atoms with Gasteiger partial charge in [-0.2, -0.15) is 15.0 Å². The summed E-state index contributed by atoms with van der Waals surface area (Å²) in [6, 6.07) is 59.6. The number of benzene rings is 7. The molecule has 0 atom stereocenters. The van der Waals surface area contributed by atoms with Gasteiger partial charge in [0.15, 0.2) is 5.82 Å². The summed E-state index contributed by atoms with van der Waals surface area (Å²) in [6.45, 7) is 0. The molecule has 0 unspecified atom stereocenters. The van der Waals surface area contributed by atoms with Gasteiger partial charge in [0.1, 0.15) is 0 Å². The Labute approximate surface area is 292 Å². The van der Waals surface area contributed by atoms with Gasteiger partial charge in [-0.3, -0.25) is 9.13 Å². The van der Waals surface area contributed by atoms with Crippen LogP contribution in [0.25, 0.3) is 94.4 Å². The van der Waals surface area contributed by atoms with Crippen molar-refractivity contribution in [1.82, 2.24) is 28.7 Å². The van der Waals surface area contributed by atoms with E-state index in [1.807, 2.05) is 18.2 Å². The second kappa shape index (κ2) is 10.7. The van der Waals surface area contributed by atoms with E-state index >= 15 is 0 Å². The van der Waals surface area contributed by atoms with Crippen molar-refractivity contribution in [2.75, 3.05) is 0 Å². The number of hydrogen-bond donors (Lipinski definition) is 0. The molecule has 0 fully saturated rings. The summed E-state index contributed by atoms with van der Waals surface area (Å²) < 4.78 is 6.73. The molecule has 7 aromatic carbocycles. The molecule has 4 aromatic heterocycles. The van der Waals surface area contributed by atoms with Crippen LogP contribution in [0.5, 0.6) is 0 Å². The lowest BCUT2D eigenvalue weighted by Crippen LogP contribution is -2.10. The molecule has 6 nitrogen and oxygen atoms in total. The SMILES string of the molecule is c1ccc(-c2nc(-n3c4ccccc4c4ccccc43)nc(-n3c4ccccc4c4ccc(-n5c6ccccc6c6ccccc65)cc43)n2)cc1. The lowest BCUT2D eigenvalue weighted by Gasteiger charge is -2.13. The minimum absolute atomic E-state index is 0.561. The Kier molecular flexibility index (Phi) is 5.86. The van der Waals surface area contributed by atoms with Gasteiger partial charge < -0.3 is 4.57 Å². The molecule has 11 aromatic rings. The summed E-state index contributed by atoms with van der Waals surface area (Å²) >= 11 is 0. The predicted octanol–water partition coefficient (Wildman–Crippen LogP) is 10.8. The van der Waals surface area contributed by atoms with Crippen LogP contribution in [0.15, 0.2) is 170 Å². The normalized spacial score (nSPS) is 11.9. The zero-order valence-electron chi connectivity index (χ0n) is 27.3. The van der Waals surface area contributed by atoms with Gasteiger partial charge in [0.2, 0.25) is 11.9 Å². The maximum atomic E-state index is 5.33. The smallest absolute Gasteiger partial charge is 0.240 e. The third-order valence-electron chi connectivity index (χ3n) is 10.1. The monoisotopic (exact) mass is 652 g/mol. The van der Waals surface area contributed by atoms with Gasteiger partial charge in [0.25, 0.3) is 0 Å². The molecule has 11 rings (SSSR count). The molecule has 0 radical (unpaired) electrons. The van der Waals surface area contributed by atoms with Crippen LogP contribution in [0.3, 0.4) is 0 Å². The van der Waals surface area contributed by atoms with Crippen LogP contribution in [0, 0.1) is 0 Å². The summed E-state index contributed by atoms with van der Waals surface area (Å²) in [6.07, 6.45) is 0. The van der Waals surface area contributed by atoms with E-state index in [1.54, 1.807) is 0 Å². The average molecular weight is 653 g/mol. The Bertz CT molecular complexity index is 3040. The van der Waals surface area contributed by atoms with Gasteiger partial charge in [-0.25, -0.2) is 0 Å². The van der Waals surface area contributed by atoms with E-state index in [4.69, 9.17) is 15.0 Å². The molecule has 4 heterocycles. The van der Waals surface area contributed by atoms with Crippen LogP contribution < -0.4 is 0 Å². The highest BCUT2D eigenvalue weighted by molar-refractivity contribution is 6.12. The quantitative estimate of drug-likeness (QED) is 0.190. The van der Waals surface area contributed by atoms with Crippen LogP contribution >= 0.6 is 0 Å². The Morgan fingerprint density at radius 3 is 1.14 bits per heavy atom. The second-order valence-corrected chi connectivity index (χ2v) is 12.9. The van der Waals surface area contributed by atoms with Crippen molar-refractivity contribution in [1.29, 1.82) is 0 Å². The van der Waals surface area contributed by atoms with Crippen molar-refractivity contribution >= 4 is 65.4 Å². The Balaban J connectivity index is 1.24. The fraction of sp³-hybridized carbons (Fsp3) is 0. The Morgan fingerprint density at radius 1 is 0.294 bits per heavy atom. The molecular weight excluding hydrogens is 625 g/mol. The zero-order chi connectivity index (χ0) is 33.5. The van der Waals surface area contributed by atoms with E-state index in [0.29, 0.717) is 17.7 Å². The molecule has 0 aliphatic carbocycles. The molecule has 0 spiro atoms. The summed E-state index contributed by atoms with van der Waals surface area (Å²) in [7, 11) is 0. The van der Waals surface area contributed by atoms with Crippen molar-refractivity contribution in [2.45, 2.75) is 0 Å². The van der Waals surface area contributed by atoms with Crippen molar-refractivity contribution in [3.05, 3.63) is 170 Å². The summed E-state index contributed by atoms with van der Waals surface area (Å²) in [5.74, 6) is 1.74. The highest BCUT2D eigenvalue weighted by atomic mass is 15.3. The fourth-order valence-corrected chi connectivity index (χ4v) is 7.92. The second-order valence-electron chi connectivity index (χ2n) is 12.9. The molecule has 0 aliphatic heterocycles. The molecular formula is C45H28N6. The number of nitrogens with zero attached hydrogens (tertiary/aromatic N) is 6. The third kappa shape index (κ3) is 4.07. The highest BCUT2D eigenvalue weighted by Gasteiger charge is 2.21. The topological polar surface area (TPSA) is 53.5 Å². The van der Waals surface area contributed by atoms with E-state index < -0.39 is 0 Å². The molecule has 0 aliphatic rings. The van der Waals surface area contributed by atoms with Gasteiger partial charge in [0.05, 0.1) is 33.1 Å². The van der Waals surface area contributed by atoms with E-state index in [2.05, 4.69) is 165 Å². The summed E-state index contributed by atoms with van der Waals surface area (Å²) in [4.78, 5) is 15.7. The first-order valence-corrected chi connectivity index (χ1v) is 17.1. The van der Waals surface area contributed by atoms with Gasteiger partial charge in [-0.15, -0.1) is 0 Å². The van der Waals surface area contributed by atoms with Crippen molar-refractivity contribution in [2.24, 2.45) is 0 Å². The standard InChI is InChI=1S/C45H28N6/c1-2-14-29(15-3-1)43-46-44(50-39-23-11-6-18-33(39)34-19-7-12-24-40(34)50)48-45(47-43)51-41-25-13-8-20-35(41)36-27-26-30(28-42(36)51)49-37-21-9-4-16-31(37)32-17-5-10-22-38(32)49/h1-28H. The van der Waals surface area contributed by atoms with E-state index in [0.717, 1.165) is 54.9 Å². The Morgan fingerprint density at radius 2 is 0.667 bits per heavy atom. The average Bonchev–Trinajstić information content (AvgIpc) is 3.84. The molecule has 238 valence electrons. The summed E-state index contributed by atoms with van der Waals surface area (Å²) in [5, 5.41) is 7.05. The minimum atomic E-state index is 0.561. The Hall–Kier alpha value is -7.05. The molecule has 0 saturated carbocycles. The third-order valence-corrected chi connectivity index (χ3v) is 10.1. The zero-order valence-corrected chi connectivity index (χ0v) is 27.3. The maximum absolute atomic E-state index is 5.33. The first kappa shape index (κ1) is 27.9. The first-order valence-electron chi connectivity index (χ1n) is 17.1. The molecule has 0 N–H and O–H groups in total. The van der Waals surface area contributed by atoms with Gasteiger partial charge in [-0.05, 0) is 42.5 Å². The fourth-order valence-electron chi connectivity index (χ4n) is 7.92. The largest absolute Gasteiger partial charge is 0.309 e. The van der Waals surface area contributed by atoms with Crippen molar-refractivity contribution in [3.63, 3.8) is 0 Å². The van der Waals surface area contributed by atoms with Gasteiger partial charge in [0, 0.05) is 43.6 Å². The predicted molar refractivity (Wildman–Crippen MR) is 208 cm³/mol.